The summed E-state index contributed by atoms with van der Waals surface area (Å²) in [5.41, 5.74) is 2.97. The maximum Gasteiger partial charge on any atom is 0.123 e. The topological polar surface area (TPSA) is 34.2 Å². The molecule has 0 spiro atoms. The molecule has 0 atom stereocenters. The molecule has 0 radical (unpaired) electrons. The van der Waals surface area contributed by atoms with Crippen LogP contribution in [0.15, 0.2) is 67.0 Å². The fourth-order valence-electron chi connectivity index (χ4n) is 2.42. The van der Waals surface area contributed by atoms with Crippen molar-refractivity contribution in [2.75, 3.05) is 13.2 Å². The monoisotopic (exact) mass is 356 g/mol. The van der Waals surface area contributed by atoms with Crippen LogP contribution in [-0.4, -0.2) is 18.1 Å². The minimum atomic E-state index is -0.241. The van der Waals surface area contributed by atoms with Crippen LogP contribution in [0.2, 0.25) is 5.02 Å². The summed E-state index contributed by atoms with van der Waals surface area (Å²) >= 11 is 5.92. The van der Waals surface area contributed by atoms with Crippen molar-refractivity contribution in [3.63, 3.8) is 0 Å². The molecule has 128 valence electrons. The van der Waals surface area contributed by atoms with E-state index in [2.05, 4.69) is 10.3 Å². The summed E-state index contributed by atoms with van der Waals surface area (Å²) in [5.74, 6) is 0.517. The fourth-order valence-corrected chi connectivity index (χ4v) is 2.60. The molecule has 0 bridgehead atoms. The number of halogens is 2. The van der Waals surface area contributed by atoms with Gasteiger partial charge in [-0.2, -0.15) is 0 Å². The highest BCUT2D eigenvalue weighted by Crippen LogP contribution is 2.20. The van der Waals surface area contributed by atoms with Crippen molar-refractivity contribution in [2.24, 2.45) is 0 Å². The third-order valence-corrected chi connectivity index (χ3v) is 3.88. The minimum absolute atomic E-state index is 0.241. The van der Waals surface area contributed by atoms with E-state index in [1.54, 1.807) is 24.4 Å². The van der Waals surface area contributed by atoms with E-state index in [1.807, 2.05) is 30.5 Å². The normalized spacial score (nSPS) is 10.6. The zero-order chi connectivity index (χ0) is 17.5. The first kappa shape index (κ1) is 17.4. The van der Waals surface area contributed by atoms with Crippen LogP contribution < -0.4 is 10.1 Å². The summed E-state index contributed by atoms with van der Waals surface area (Å²) in [6.45, 7) is 1.93. The highest BCUT2D eigenvalue weighted by Gasteiger charge is 2.01. The van der Waals surface area contributed by atoms with E-state index in [9.17, 15) is 4.39 Å². The lowest BCUT2D eigenvalue weighted by atomic mass is 10.1. The molecule has 0 amide bonds. The molecule has 0 aliphatic rings. The standard InChI is InChI=1S/C20H18ClFN2O/c21-18-2-1-3-20(11-18)25-9-8-23-12-15-10-17(14-24-13-15)16-4-6-19(22)7-5-16/h1-7,10-11,13-14,23H,8-9,12H2. The zero-order valence-corrected chi connectivity index (χ0v) is 14.3. The summed E-state index contributed by atoms with van der Waals surface area (Å²) in [4.78, 5) is 4.26. The van der Waals surface area contributed by atoms with Crippen molar-refractivity contribution in [2.45, 2.75) is 6.54 Å². The predicted molar refractivity (Wildman–Crippen MR) is 98.3 cm³/mol. The van der Waals surface area contributed by atoms with Gasteiger partial charge in [0.05, 0.1) is 0 Å². The Morgan fingerprint density at radius 3 is 2.64 bits per heavy atom. The van der Waals surface area contributed by atoms with Crippen LogP contribution in [0.4, 0.5) is 4.39 Å². The zero-order valence-electron chi connectivity index (χ0n) is 13.6. The number of rotatable bonds is 7. The number of aromatic nitrogens is 1. The van der Waals surface area contributed by atoms with Gasteiger partial charge in [-0.15, -0.1) is 0 Å². The van der Waals surface area contributed by atoms with Gasteiger partial charge >= 0.3 is 0 Å². The Bertz CT molecular complexity index is 824. The number of hydrogen-bond acceptors (Lipinski definition) is 3. The van der Waals surface area contributed by atoms with Crippen LogP contribution >= 0.6 is 11.6 Å². The molecule has 2 aromatic carbocycles. The van der Waals surface area contributed by atoms with E-state index in [4.69, 9.17) is 16.3 Å². The number of benzene rings is 2. The van der Waals surface area contributed by atoms with Crippen LogP contribution in [0.3, 0.4) is 0 Å². The van der Waals surface area contributed by atoms with Gasteiger partial charge < -0.3 is 10.1 Å². The Hall–Kier alpha value is -2.43. The number of nitrogens with zero attached hydrogens (tertiary/aromatic N) is 1. The molecule has 0 saturated heterocycles. The largest absolute Gasteiger partial charge is 0.492 e. The van der Waals surface area contributed by atoms with Gasteiger partial charge in [-0.05, 0) is 47.5 Å². The molecule has 3 aromatic rings. The second-order valence-electron chi connectivity index (χ2n) is 5.57. The van der Waals surface area contributed by atoms with Crippen molar-refractivity contribution in [3.8, 4) is 16.9 Å². The number of hydrogen-bond donors (Lipinski definition) is 1. The maximum atomic E-state index is 13.0. The first-order chi connectivity index (χ1) is 12.2. The lowest BCUT2D eigenvalue weighted by Crippen LogP contribution is -2.20. The van der Waals surface area contributed by atoms with E-state index < -0.39 is 0 Å². The Morgan fingerprint density at radius 2 is 1.84 bits per heavy atom. The summed E-state index contributed by atoms with van der Waals surface area (Å²) in [5, 5.41) is 3.98. The molecular weight excluding hydrogens is 339 g/mol. The SMILES string of the molecule is Fc1ccc(-c2cncc(CNCCOc3cccc(Cl)c3)c2)cc1. The van der Waals surface area contributed by atoms with Gasteiger partial charge in [0, 0.05) is 36.1 Å². The van der Waals surface area contributed by atoms with Crippen molar-refractivity contribution in [3.05, 3.63) is 83.4 Å². The first-order valence-electron chi connectivity index (χ1n) is 8.00. The molecule has 3 nitrogen and oxygen atoms in total. The molecule has 1 aromatic heterocycles. The van der Waals surface area contributed by atoms with E-state index in [-0.39, 0.29) is 5.82 Å². The van der Waals surface area contributed by atoms with E-state index in [0.717, 1.165) is 22.4 Å². The Kier molecular flexibility index (Phi) is 5.99. The van der Waals surface area contributed by atoms with Gasteiger partial charge in [0.2, 0.25) is 0 Å². The summed E-state index contributed by atoms with van der Waals surface area (Å²) < 4.78 is 18.7. The average Bonchev–Trinajstić information content (AvgIpc) is 2.62. The molecule has 1 heterocycles. The summed E-state index contributed by atoms with van der Waals surface area (Å²) in [6, 6.07) is 15.8. The van der Waals surface area contributed by atoms with Crippen molar-refractivity contribution >= 4 is 11.6 Å². The third kappa shape index (κ3) is 5.28. The molecule has 5 heteroatoms. The van der Waals surface area contributed by atoms with Gasteiger partial charge in [0.25, 0.3) is 0 Å². The number of pyridine rings is 1. The lowest BCUT2D eigenvalue weighted by Gasteiger charge is -2.09. The first-order valence-corrected chi connectivity index (χ1v) is 8.37. The highest BCUT2D eigenvalue weighted by atomic mass is 35.5. The molecule has 0 unspecified atom stereocenters. The quantitative estimate of drug-likeness (QED) is 0.622. The Morgan fingerprint density at radius 1 is 1.00 bits per heavy atom. The van der Waals surface area contributed by atoms with E-state index >= 15 is 0 Å². The van der Waals surface area contributed by atoms with Crippen LogP contribution in [0.25, 0.3) is 11.1 Å². The van der Waals surface area contributed by atoms with Crippen LogP contribution in [0.1, 0.15) is 5.56 Å². The molecule has 0 saturated carbocycles. The predicted octanol–water partition coefficient (Wildman–Crippen LogP) is 4.71. The molecular formula is C20H18ClFN2O. The lowest BCUT2D eigenvalue weighted by molar-refractivity contribution is 0.313. The van der Waals surface area contributed by atoms with Gasteiger partial charge in [-0.1, -0.05) is 29.8 Å². The Balaban J connectivity index is 1.48. The minimum Gasteiger partial charge on any atom is -0.492 e. The molecule has 1 N–H and O–H groups in total. The molecule has 3 rings (SSSR count). The Labute approximate surface area is 151 Å². The van der Waals surface area contributed by atoms with E-state index in [0.29, 0.717) is 24.7 Å². The molecule has 0 fully saturated rings. The van der Waals surface area contributed by atoms with E-state index in [1.165, 1.54) is 12.1 Å². The summed E-state index contributed by atoms with van der Waals surface area (Å²) in [6.07, 6.45) is 3.59. The second-order valence-corrected chi connectivity index (χ2v) is 6.01. The van der Waals surface area contributed by atoms with Crippen LogP contribution in [0.5, 0.6) is 5.75 Å². The molecule has 0 aliphatic heterocycles. The van der Waals surface area contributed by atoms with Crippen molar-refractivity contribution < 1.29 is 9.13 Å². The highest BCUT2D eigenvalue weighted by molar-refractivity contribution is 6.30. The smallest absolute Gasteiger partial charge is 0.123 e. The van der Waals surface area contributed by atoms with Crippen LogP contribution in [-0.2, 0) is 6.54 Å². The van der Waals surface area contributed by atoms with Gasteiger partial charge in [-0.3, -0.25) is 4.98 Å². The van der Waals surface area contributed by atoms with Crippen LogP contribution in [0, 0.1) is 5.82 Å². The summed E-state index contributed by atoms with van der Waals surface area (Å²) in [7, 11) is 0. The molecule has 0 aliphatic carbocycles. The van der Waals surface area contributed by atoms with Gasteiger partial charge in [-0.25, -0.2) is 4.39 Å². The number of nitrogens with one attached hydrogen (secondary N) is 1. The maximum absolute atomic E-state index is 13.0. The number of ether oxygens (including phenoxy) is 1. The molecule has 25 heavy (non-hydrogen) atoms. The third-order valence-electron chi connectivity index (χ3n) is 3.65. The average molecular weight is 357 g/mol. The van der Waals surface area contributed by atoms with Crippen molar-refractivity contribution in [1.82, 2.24) is 10.3 Å². The van der Waals surface area contributed by atoms with Crippen molar-refractivity contribution in [1.29, 1.82) is 0 Å². The fraction of sp³-hybridized carbons (Fsp3) is 0.150. The second kappa shape index (κ2) is 8.60. The van der Waals surface area contributed by atoms with Gasteiger partial charge in [0.1, 0.15) is 18.2 Å². The van der Waals surface area contributed by atoms with Gasteiger partial charge in [0.15, 0.2) is 0 Å².